The summed E-state index contributed by atoms with van der Waals surface area (Å²) in [6.45, 7) is 4.54. The molecule has 5 rings (SSSR count). The van der Waals surface area contributed by atoms with Crippen LogP contribution in [0.2, 0.25) is 0 Å². The molecule has 37 heavy (non-hydrogen) atoms. The van der Waals surface area contributed by atoms with Crippen LogP contribution in [0.3, 0.4) is 0 Å². The lowest BCUT2D eigenvalue weighted by Crippen LogP contribution is -2.53. The maximum Gasteiger partial charge on any atom is 0.419 e. The van der Waals surface area contributed by atoms with Gasteiger partial charge >= 0.3 is 6.18 Å². The first-order valence-electron chi connectivity index (χ1n) is 12.3. The standard InChI is InChI=1S/C26H27F5N6/c1-17-16-36(24-19(26(29,30)31)6-5-9-32-24)12-13-37(17)23-15-22(18-7-8-20(27)21(28)14-18)33-25(34-23)35-10-3-2-4-11-35/h5-9,14-15,17H,2-4,10-13,16H2,1H3. The van der Waals surface area contributed by atoms with E-state index in [1.807, 2.05) is 11.8 Å². The lowest BCUT2D eigenvalue weighted by atomic mass is 10.1. The minimum absolute atomic E-state index is 0.0827. The number of rotatable bonds is 4. The molecule has 0 bridgehead atoms. The zero-order valence-electron chi connectivity index (χ0n) is 20.3. The average molecular weight is 519 g/mol. The Kier molecular flexibility index (Phi) is 6.87. The van der Waals surface area contributed by atoms with Crippen LogP contribution >= 0.6 is 0 Å². The summed E-state index contributed by atoms with van der Waals surface area (Å²) in [5.41, 5.74) is 0.129. The Balaban J connectivity index is 1.47. The van der Waals surface area contributed by atoms with E-state index in [9.17, 15) is 22.0 Å². The largest absolute Gasteiger partial charge is 0.419 e. The highest BCUT2D eigenvalue weighted by Crippen LogP contribution is 2.36. The second-order valence-corrected chi connectivity index (χ2v) is 9.45. The minimum atomic E-state index is -4.50. The van der Waals surface area contributed by atoms with Gasteiger partial charge in [-0.05, 0) is 56.5 Å². The number of hydrogen-bond acceptors (Lipinski definition) is 6. The molecule has 0 radical (unpaired) electrons. The molecule has 1 aromatic carbocycles. The molecule has 1 atom stereocenters. The summed E-state index contributed by atoms with van der Waals surface area (Å²) in [5, 5.41) is 0. The lowest BCUT2D eigenvalue weighted by Gasteiger charge is -2.42. The van der Waals surface area contributed by atoms with Crippen LogP contribution in [0.25, 0.3) is 11.3 Å². The summed E-state index contributed by atoms with van der Waals surface area (Å²) in [7, 11) is 0. The number of pyridine rings is 1. The number of nitrogens with zero attached hydrogens (tertiary/aromatic N) is 6. The molecule has 0 saturated carbocycles. The molecule has 3 aromatic rings. The maximum atomic E-state index is 14.0. The van der Waals surface area contributed by atoms with Crippen LogP contribution in [0, 0.1) is 11.6 Å². The van der Waals surface area contributed by atoms with Crippen LogP contribution < -0.4 is 14.7 Å². The number of hydrogen-bond donors (Lipinski definition) is 0. The van der Waals surface area contributed by atoms with Gasteiger partial charge in [0, 0.05) is 56.6 Å². The van der Waals surface area contributed by atoms with Gasteiger partial charge in [0.1, 0.15) is 11.6 Å². The first-order valence-corrected chi connectivity index (χ1v) is 12.3. The van der Waals surface area contributed by atoms with E-state index in [1.165, 1.54) is 18.3 Å². The smallest absolute Gasteiger partial charge is 0.352 e. The van der Waals surface area contributed by atoms with E-state index in [4.69, 9.17) is 4.98 Å². The van der Waals surface area contributed by atoms with Crippen molar-refractivity contribution in [3.63, 3.8) is 0 Å². The highest BCUT2D eigenvalue weighted by Gasteiger charge is 2.37. The Labute approximate surface area is 211 Å². The Hall–Kier alpha value is -3.50. The highest BCUT2D eigenvalue weighted by molar-refractivity contribution is 5.66. The van der Waals surface area contributed by atoms with Crippen LogP contribution in [0.5, 0.6) is 0 Å². The van der Waals surface area contributed by atoms with Crippen molar-refractivity contribution < 1.29 is 22.0 Å². The van der Waals surface area contributed by atoms with Crippen LogP contribution in [-0.2, 0) is 6.18 Å². The molecule has 2 aliphatic heterocycles. The molecule has 0 spiro atoms. The maximum absolute atomic E-state index is 14.0. The monoisotopic (exact) mass is 518 g/mol. The van der Waals surface area contributed by atoms with Crippen LogP contribution in [-0.4, -0.2) is 53.7 Å². The van der Waals surface area contributed by atoms with Gasteiger partial charge in [-0.25, -0.2) is 18.7 Å². The molecule has 2 fully saturated rings. The predicted molar refractivity (Wildman–Crippen MR) is 132 cm³/mol. The fourth-order valence-electron chi connectivity index (χ4n) is 4.97. The average Bonchev–Trinajstić information content (AvgIpc) is 2.90. The summed E-state index contributed by atoms with van der Waals surface area (Å²) < 4.78 is 68.3. The summed E-state index contributed by atoms with van der Waals surface area (Å²) in [6, 6.07) is 7.53. The third-order valence-electron chi connectivity index (χ3n) is 6.87. The van der Waals surface area contributed by atoms with Crippen molar-refractivity contribution in [2.24, 2.45) is 0 Å². The molecule has 6 nitrogen and oxygen atoms in total. The van der Waals surface area contributed by atoms with Gasteiger partial charge in [0.05, 0.1) is 11.3 Å². The highest BCUT2D eigenvalue weighted by atomic mass is 19.4. The third-order valence-corrected chi connectivity index (χ3v) is 6.87. The SMILES string of the molecule is CC1CN(c2ncccc2C(F)(F)F)CCN1c1cc(-c2ccc(F)c(F)c2)nc(N2CCCCC2)n1. The van der Waals surface area contributed by atoms with E-state index < -0.39 is 23.4 Å². The van der Waals surface area contributed by atoms with E-state index in [0.29, 0.717) is 42.7 Å². The second-order valence-electron chi connectivity index (χ2n) is 9.45. The van der Waals surface area contributed by atoms with Gasteiger partial charge in [-0.3, -0.25) is 0 Å². The number of piperidine rings is 1. The summed E-state index contributed by atoms with van der Waals surface area (Å²) in [4.78, 5) is 19.3. The first kappa shape index (κ1) is 25.2. The molecule has 0 amide bonds. The Morgan fingerprint density at radius 1 is 0.865 bits per heavy atom. The Morgan fingerprint density at radius 2 is 1.65 bits per heavy atom. The van der Waals surface area contributed by atoms with E-state index in [0.717, 1.165) is 50.6 Å². The molecular weight excluding hydrogens is 491 g/mol. The summed E-state index contributed by atoms with van der Waals surface area (Å²) in [6.07, 6.45) is 0.00651. The molecular formula is C26H27F5N6. The van der Waals surface area contributed by atoms with Gasteiger partial charge in [-0.15, -0.1) is 0 Å². The van der Waals surface area contributed by atoms with Crippen molar-refractivity contribution >= 4 is 17.6 Å². The molecule has 11 heteroatoms. The van der Waals surface area contributed by atoms with Gasteiger partial charge in [0.2, 0.25) is 5.95 Å². The zero-order chi connectivity index (χ0) is 26.2. The van der Waals surface area contributed by atoms with Crippen molar-refractivity contribution in [1.29, 1.82) is 0 Å². The summed E-state index contributed by atoms with van der Waals surface area (Å²) in [5.74, 6) is -0.877. The van der Waals surface area contributed by atoms with Crippen molar-refractivity contribution in [3.05, 3.63) is 59.8 Å². The fourth-order valence-corrected chi connectivity index (χ4v) is 4.97. The van der Waals surface area contributed by atoms with E-state index in [2.05, 4.69) is 14.9 Å². The number of piperazine rings is 1. The van der Waals surface area contributed by atoms with Crippen molar-refractivity contribution in [1.82, 2.24) is 15.0 Å². The molecule has 2 aromatic heterocycles. The minimum Gasteiger partial charge on any atom is -0.352 e. The van der Waals surface area contributed by atoms with Crippen LogP contribution in [0.4, 0.5) is 39.5 Å². The Morgan fingerprint density at radius 3 is 2.35 bits per heavy atom. The van der Waals surface area contributed by atoms with Crippen LogP contribution in [0.1, 0.15) is 31.7 Å². The normalized spacial score (nSPS) is 18.9. The van der Waals surface area contributed by atoms with Gasteiger partial charge in [0.15, 0.2) is 11.6 Å². The quantitative estimate of drug-likeness (QED) is 0.423. The van der Waals surface area contributed by atoms with E-state index in [-0.39, 0.29) is 11.9 Å². The number of alkyl halides is 3. The molecule has 196 valence electrons. The van der Waals surface area contributed by atoms with Gasteiger partial charge in [-0.2, -0.15) is 18.2 Å². The lowest BCUT2D eigenvalue weighted by molar-refractivity contribution is -0.137. The van der Waals surface area contributed by atoms with E-state index >= 15 is 0 Å². The number of benzene rings is 1. The predicted octanol–water partition coefficient (Wildman–Crippen LogP) is 5.54. The van der Waals surface area contributed by atoms with Crippen molar-refractivity contribution in [2.45, 2.75) is 38.4 Å². The van der Waals surface area contributed by atoms with Crippen LogP contribution in [0.15, 0.2) is 42.6 Å². The number of aromatic nitrogens is 3. The zero-order valence-corrected chi connectivity index (χ0v) is 20.3. The van der Waals surface area contributed by atoms with Gasteiger partial charge in [0.25, 0.3) is 0 Å². The van der Waals surface area contributed by atoms with Crippen molar-refractivity contribution in [3.8, 4) is 11.3 Å². The molecule has 2 saturated heterocycles. The first-order chi connectivity index (χ1) is 17.7. The molecule has 2 aliphatic rings. The fraction of sp³-hybridized carbons (Fsp3) is 0.423. The molecule has 0 aliphatic carbocycles. The van der Waals surface area contributed by atoms with Gasteiger partial charge in [-0.1, -0.05) is 0 Å². The van der Waals surface area contributed by atoms with E-state index in [1.54, 1.807) is 11.0 Å². The molecule has 1 unspecified atom stereocenters. The third kappa shape index (κ3) is 5.30. The molecule has 0 N–H and O–H groups in total. The number of halogens is 5. The molecule has 4 heterocycles. The topological polar surface area (TPSA) is 48.4 Å². The summed E-state index contributed by atoms with van der Waals surface area (Å²) >= 11 is 0. The van der Waals surface area contributed by atoms with Crippen molar-refractivity contribution in [2.75, 3.05) is 47.4 Å². The number of anilines is 3. The second kappa shape index (κ2) is 10.1. The van der Waals surface area contributed by atoms with Gasteiger partial charge < -0.3 is 14.7 Å². The Bertz CT molecular complexity index is 1260.